The molecule has 4 N–H and O–H groups in total. The second-order valence-corrected chi connectivity index (χ2v) is 15.4. The lowest BCUT2D eigenvalue weighted by molar-refractivity contribution is -0.123. The van der Waals surface area contributed by atoms with Crippen molar-refractivity contribution in [2.75, 3.05) is 19.6 Å². The van der Waals surface area contributed by atoms with E-state index in [-0.39, 0.29) is 12.5 Å². The Hall–Kier alpha value is -5.06. The summed E-state index contributed by atoms with van der Waals surface area (Å²) in [4.78, 5) is 49.4. The highest BCUT2D eigenvalue weighted by molar-refractivity contribution is 5.85. The zero-order chi connectivity index (χ0) is 39.4. The van der Waals surface area contributed by atoms with E-state index in [9.17, 15) is 19.2 Å². The minimum absolute atomic E-state index is 0.266. The van der Waals surface area contributed by atoms with Crippen molar-refractivity contribution in [1.29, 1.82) is 0 Å². The molecule has 0 bridgehead atoms. The van der Waals surface area contributed by atoms with Gasteiger partial charge in [-0.3, -0.25) is 4.79 Å². The van der Waals surface area contributed by atoms with E-state index < -0.39 is 35.5 Å². The minimum atomic E-state index is -0.759. The third-order valence-corrected chi connectivity index (χ3v) is 8.15. The average molecular weight is 745 g/mol. The molecule has 11 nitrogen and oxygen atoms in total. The molecule has 0 fully saturated rings. The number of aryl methyl sites for hydroxylation is 2. The first-order valence-corrected chi connectivity index (χ1v) is 19.0. The van der Waals surface area contributed by atoms with Crippen LogP contribution in [-0.4, -0.2) is 61.1 Å². The maximum atomic E-state index is 13.1. The number of nitrogens with one attached hydrogen (secondary N) is 4. The van der Waals surface area contributed by atoms with E-state index in [1.807, 2.05) is 30.3 Å². The largest absolute Gasteiger partial charge is 0.445 e. The Bertz CT molecular complexity index is 1580. The second kappa shape index (κ2) is 22.2. The summed E-state index contributed by atoms with van der Waals surface area (Å²) in [6.45, 7) is 12.4. The summed E-state index contributed by atoms with van der Waals surface area (Å²) < 4.78 is 15.9. The molecular formula is C43H60N4O7. The molecule has 0 saturated heterocycles. The Balaban J connectivity index is 1.36. The quantitative estimate of drug-likeness (QED) is 0.0715. The van der Waals surface area contributed by atoms with Crippen molar-refractivity contribution < 1.29 is 33.4 Å². The van der Waals surface area contributed by atoms with Crippen LogP contribution in [0.2, 0.25) is 0 Å². The fourth-order valence-corrected chi connectivity index (χ4v) is 5.47. The molecule has 0 heterocycles. The van der Waals surface area contributed by atoms with Crippen molar-refractivity contribution in [3.63, 3.8) is 0 Å². The van der Waals surface area contributed by atoms with Gasteiger partial charge < -0.3 is 35.5 Å². The lowest BCUT2D eigenvalue weighted by atomic mass is 9.99. The van der Waals surface area contributed by atoms with Gasteiger partial charge in [0.15, 0.2) is 0 Å². The Morgan fingerprint density at radius 2 is 1.04 bits per heavy atom. The minimum Gasteiger partial charge on any atom is -0.445 e. The molecule has 0 radical (unpaired) electrons. The van der Waals surface area contributed by atoms with Gasteiger partial charge >= 0.3 is 18.3 Å². The fourth-order valence-electron chi connectivity index (χ4n) is 5.47. The van der Waals surface area contributed by atoms with Crippen LogP contribution < -0.4 is 21.3 Å². The number of rotatable bonds is 19. The van der Waals surface area contributed by atoms with Crippen LogP contribution in [0.4, 0.5) is 14.4 Å². The fraction of sp³-hybridized carbons (Fsp3) is 0.488. The molecule has 54 heavy (non-hydrogen) atoms. The topological polar surface area (TPSA) is 144 Å². The first-order chi connectivity index (χ1) is 25.7. The first-order valence-electron chi connectivity index (χ1n) is 19.0. The van der Waals surface area contributed by atoms with Crippen molar-refractivity contribution in [3.05, 3.63) is 95.6 Å². The third-order valence-electron chi connectivity index (χ3n) is 8.15. The van der Waals surface area contributed by atoms with Gasteiger partial charge in [-0.05, 0) is 121 Å². The van der Waals surface area contributed by atoms with Gasteiger partial charge in [0.1, 0.15) is 23.9 Å². The smallest absolute Gasteiger partial charge is 0.408 e. The number of amides is 4. The van der Waals surface area contributed by atoms with Crippen LogP contribution in [0.5, 0.6) is 0 Å². The summed E-state index contributed by atoms with van der Waals surface area (Å²) in [5, 5.41) is 11.2. The Labute approximate surface area is 321 Å². The molecule has 0 saturated carbocycles. The van der Waals surface area contributed by atoms with Gasteiger partial charge in [-0.25, -0.2) is 14.4 Å². The summed E-state index contributed by atoms with van der Waals surface area (Å²) >= 11 is 0. The molecule has 3 aromatic rings. The van der Waals surface area contributed by atoms with Crippen molar-refractivity contribution in [2.45, 2.75) is 117 Å². The molecular weight excluding hydrogens is 684 g/mol. The first kappa shape index (κ1) is 43.3. The van der Waals surface area contributed by atoms with Crippen molar-refractivity contribution in [3.8, 4) is 11.1 Å². The van der Waals surface area contributed by atoms with Gasteiger partial charge in [-0.15, -0.1) is 0 Å². The van der Waals surface area contributed by atoms with E-state index in [1.54, 1.807) is 41.5 Å². The van der Waals surface area contributed by atoms with Crippen LogP contribution in [0, 0.1) is 0 Å². The van der Waals surface area contributed by atoms with Crippen LogP contribution in [0.1, 0.15) is 96.8 Å². The van der Waals surface area contributed by atoms with Gasteiger partial charge in [-0.1, -0.05) is 78.9 Å². The molecule has 3 aromatic carbocycles. The number of benzene rings is 3. The number of carbonyl (C=O) groups is 4. The van der Waals surface area contributed by atoms with Crippen LogP contribution >= 0.6 is 0 Å². The van der Waals surface area contributed by atoms with E-state index >= 15 is 0 Å². The zero-order valence-corrected chi connectivity index (χ0v) is 32.9. The summed E-state index contributed by atoms with van der Waals surface area (Å²) in [5.74, 6) is -0.268. The number of unbranched alkanes of at least 4 members (excludes halogenated alkanes) is 2. The Morgan fingerprint density at radius 1 is 0.537 bits per heavy atom. The number of hydrogen-bond donors (Lipinski definition) is 4. The molecule has 4 amide bonds. The third kappa shape index (κ3) is 18.6. The highest BCUT2D eigenvalue weighted by Gasteiger charge is 2.24. The Morgan fingerprint density at radius 3 is 1.61 bits per heavy atom. The van der Waals surface area contributed by atoms with Crippen LogP contribution in [0.15, 0.2) is 78.9 Å². The van der Waals surface area contributed by atoms with Gasteiger partial charge in [0, 0.05) is 19.6 Å². The SMILES string of the molecule is CC(C)(C)OC(=O)NCCCC[C@H](NC(=O)OC(C)(C)C)C(=O)NCCCc1ccc(-c2ccc(CCCCNC(=O)OCc3ccccc3)cc2)cc1. The van der Waals surface area contributed by atoms with Crippen molar-refractivity contribution in [2.24, 2.45) is 0 Å². The predicted octanol–water partition coefficient (Wildman–Crippen LogP) is 8.24. The molecule has 0 aliphatic heterocycles. The second-order valence-electron chi connectivity index (χ2n) is 15.4. The van der Waals surface area contributed by atoms with Crippen molar-refractivity contribution >= 4 is 24.2 Å². The lowest BCUT2D eigenvalue weighted by Crippen LogP contribution is -2.48. The predicted molar refractivity (Wildman–Crippen MR) is 212 cm³/mol. The molecule has 0 aliphatic rings. The van der Waals surface area contributed by atoms with Crippen molar-refractivity contribution in [1.82, 2.24) is 21.3 Å². The van der Waals surface area contributed by atoms with E-state index in [1.165, 1.54) is 11.1 Å². The van der Waals surface area contributed by atoms with Crippen LogP contribution in [0.25, 0.3) is 11.1 Å². The molecule has 0 spiro atoms. The maximum absolute atomic E-state index is 13.1. The van der Waals surface area contributed by atoms with E-state index in [4.69, 9.17) is 14.2 Å². The van der Waals surface area contributed by atoms with E-state index in [0.29, 0.717) is 38.9 Å². The summed E-state index contributed by atoms with van der Waals surface area (Å²) in [6.07, 6.45) is 4.39. The summed E-state index contributed by atoms with van der Waals surface area (Å²) in [6, 6.07) is 25.9. The number of alkyl carbamates (subject to hydrolysis) is 3. The summed E-state index contributed by atoms with van der Waals surface area (Å²) in [7, 11) is 0. The lowest BCUT2D eigenvalue weighted by Gasteiger charge is -2.23. The monoisotopic (exact) mass is 744 g/mol. The number of ether oxygens (including phenoxy) is 3. The standard InChI is InChI=1S/C43H60N4O7/c1-42(2,3)53-40(50)46-29-13-11-19-37(47-41(51)54-43(4,5)6)38(48)44-30-14-18-33-22-26-36(27-23-33)35-24-20-32(21-25-35)15-10-12-28-45-39(49)52-31-34-16-8-7-9-17-34/h7-9,16-17,20-27,37H,10-15,18-19,28-31H2,1-6H3,(H,44,48)(H,45,49)(H,46,50)(H,47,51)/t37-/m0/s1. The molecule has 1 atom stereocenters. The molecule has 294 valence electrons. The van der Waals surface area contributed by atoms with E-state index in [0.717, 1.165) is 48.8 Å². The number of carbonyl (C=O) groups excluding carboxylic acids is 4. The van der Waals surface area contributed by atoms with Crippen LogP contribution in [-0.2, 0) is 38.5 Å². The summed E-state index contributed by atoms with van der Waals surface area (Å²) in [5.41, 5.74) is 4.39. The zero-order valence-electron chi connectivity index (χ0n) is 32.9. The number of hydrogen-bond acceptors (Lipinski definition) is 7. The molecule has 3 rings (SSSR count). The van der Waals surface area contributed by atoms with Gasteiger partial charge in [0.25, 0.3) is 0 Å². The molecule has 0 unspecified atom stereocenters. The van der Waals surface area contributed by atoms with Gasteiger partial charge in [0.05, 0.1) is 0 Å². The van der Waals surface area contributed by atoms with Gasteiger partial charge in [0.2, 0.25) is 5.91 Å². The Kier molecular flexibility index (Phi) is 17.8. The molecule has 11 heteroatoms. The highest BCUT2D eigenvalue weighted by Crippen LogP contribution is 2.21. The average Bonchev–Trinajstić information content (AvgIpc) is 3.11. The highest BCUT2D eigenvalue weighted by atomic mass is 16.6. The maximum Gasteiger partial charge on any atom is 0.408 e. The van der Waals surface area contributed by atoms with Crippen LogP contribution in [0.3, 0.4) is 0 Å². The normalized spacial score (nSPS) is 11.9. The molecule has 0 aromatic heterocycles. The van der Waals surface area contributed by atoms with E-state index in [2.05, 4.69) is 69.8 Å². The van der Waals surface area contributed by atoms with Gasteiger partial charge in [-0.2, -0.15) is 0 Å². The molecule has 0 aliphatic carbocycles.